The van der Waals surface area contributed by atoms with Crippen molar-refractivity contribution in [1.82, 2.24) is 0 Å². The second kappa shape index (κ2) is 3.79. The molecule has 0 bridgehead atoms. The molecule has 0 spiro atoms. The van der Waals surface area contributed by atoms with Crippen molar-refractivity contribution in [2.45, 2.75) is 12.0 Å². The summed E-state index contributed by atoms with van der Waals surface area (Å²) >= 11 is 0. The van der Waals surface area contributed by atoms with Crippen molar-refractivity contribution in [3.05, 3.63) is 71.3 Å². The Balaban J connectivity index is 2.04. The molecule has 98 valence electrons. The van der Waals surface area contributed by atoms with Crippen LogP contribution in [-0.2, 0) is 15.1 Å². The number of ether oxygens (including phenoxy) is 1. The lowest BCUT2D eigenvalue weighted by molar-refractivity contribution is -0.146. The lowest BCUT2D eigenvalue weighted by Crippen LogP contribution is -2.31. The SMILES string of the molecule is O=C1C[C@H]2C(=O)c3ccccc3[C@]2(c2ccccc2)O1. The highest BCUT2D eigenvalue weighted by molar-refractivity contribution is 6.07. The van der Waals surface area contributed by atoms with E-state index in [4.69, 9.17) is 4.74 Å². The molecule has 2 aromatic rings. The van der Waals surface area contributed by atoms with Gasteiger partial charge in [-0.1, -0.05) is 54.6 Å². The van der Waals surface area contributed by atoms with Crippen LogP contribution in [0.3, 0.4) is 0 Å². The quantitative estimate of drug-likeness (QED) is 0.744. The van der Waals surface area contributed by atoms with E-state index in [1.807, 2.05) is 54.6 Å². The van der Waals surface area contributed by atoms with Gasteiger partial charge in [-0.15, -0.1) is 0 Å². The predicted molar refractivity (Wildman–Crippen MR) is 72.2 cm³/mol. The summed E-state index contributed by atoms with van der Waals surface area (Å²) in [4.78, 5) is 24.4. The number of ketones is 1. The Morgan fingerprint density at radius 3 is 2.45 bits per heavy atom. The monoisotopic (exact) mass is 264 g/mol. The fraction of sp³-hybridized carbons (Fsp3) is 0.176. The zero-order chi connectivity index (χ0) is 13.7. The molecule has 0 unspecified atom stereocenters. The molecule has 1 fully saturated rings. The summed E-state index contributed by atoms with van der Waals surface area (Å²) in [7, 11) is 0. The van der Waals surface area contributed by atoms with Crippen molar-refractivity contribution in [1.29, 1.82) is 0 Å². The van der Waals surface area contributed by atoms with Crippen LogP contribution >= 0.6 is 0 Å². The van der Waals surface area contributed by atoms with E-state index in [1.54, 1.807) is 0 Å². The molecule has 0 saturated carbocycles. The minimum Gasteiger partial charge on any atom is -0.448 e. The normalized spacial score (nSPS) is 27.1. The molecule has 3 nitrogen and oxygen atoms in total. The topological polar surface area (TPSA) is 43.4 Å². The lowest BCUT2D eigenvalue weighted by Gasteiger charge is -2.28. The van der Waals surface area contributed by atoms with Gasteiger partial charge in [0.2, 0.25) is 0 Å². The van der Waals surface area contributed by atoms with E-state index in [1.165, 1.54) is 0 Å². The van der Waals surface area contributed by atoms with Gasteiger partial charge in [-0.3, -0.25) is 9.59 Å². The van der Waals surface area contributed by atoms with Gasteiger partial charge in [-0.25, -0.2) is 0 Å². The third kappa shape index (κ3) is 1.24. The number of Topliss-reactive ketones (excluding diaryl/α,β-unsaturated/α-hetero) is 1. The minimum atomic E-state index is -0.925. The Bertz CT molecular complexity index is 720. The molecule has 2 aromatic carbocycles. The summed E-state index contributed by atoms with van der Waals surface area (Å²) in [6.07, 6.45) is 0.155. The Hall–Kier alpha value is -2.42. The molecule has 20 heavy (non-hydrogen) atoms. The van der Waals surface area contributed by atoms with E-state index < -0.39 is 11.5 Å². The number of fused-ring (bicyclic) bond motifs is 3. The van der Waals surface area contributed by atoms with Crippen LogP contribution in [-0.4, -0.2) is 11.8 Å². The molecule has 1 aliphatic heterocycles. The molecule has 0 N–H and O–H groups in total. The molecule has 1 saturated heterocycles. The molecular formula is C17H12O3. The highest BCUT2D eigenvalue weighted by atomic mass is 16.6. The van der Waals surface area contributed by atoms with Gasteiger partial charge in [0.1, 0.15) is 0 Å². The zero-order valence-electron chi connectivity index (χ0n) is 10.7. The largest absolute Gasteiger partial charge is 0.448 e. The van der Waals surface area contributed by atoms with Crippen molar-refractivity contribution >= 4 is 11.8 Å². The minimum absolute atomic E-state index is 0.00954. The molecule has 0 aromatic heterocycles. The molecule has 2 atom stereocenters. The number of carbonyl (C=O) groups is 2. The Kier molecular flexibility index (Phi) is 2.16. The van der Waals surface area contributed by atoms with E-state index >= 15 is 0 Å². The van der Waals surface area contributed by atoms with E-state index in [0.717, 1.165) is 11.1 Å². The molecule has 0 radical (unpaired) electrons. The first kappa shape index (κ1) is 11.4. The van der Waals surface area contributed by atoms with Crippen molar-refractivity contribution in [2.24, 2.45) is 5.92 Å². The molecule has 1 heterocycles. The zero-order valence-corrected chi connectivity index (χ0v) is 10.7. The van der Waals surface area contributed by atoms with Gasteiger partial charge in [0.05, 0.1) is 12.3 Å². The highest BCUT2D eigenvalue weighted by Crippen LogP contribution is 2.53. The Labute approximate surface area is 116 Å². The molecule has 4 rings (SSSR count). The van der Waals surface area contributed by atoms with Crippen molar-refractivity contribution in [2.75, 3.05) is 0 Å². The maximum absolute atomic E-state index is 12.6. The first-order chi connectivity index (χ1) is 9.73. The van der Waals surface area contributed by atoms with Crippen LogP contribution in [0.4, 0.5) is 0 Å². The first-order valence-corrected chi connectivity index (χ1v) is 6.64. The van der Waals surface area contributed by atoms with Crippen molar-refractivity contribution < 1.29 is 14.3 Å². The number of esters is 1. The van der Waals surface area contributed by atoms with E-state index in [-0.39, 0.29) is 18.2 Å². The fourth-order valence-electron chi connectivity index (χ4n) is 3.43. The van der Waals surface area contributed by atoms with Crippen LogP contribution in [0.25, 0.3) is 0 Å². The van der Waals surface area contributed by atoms with E-state index in [2.05, 4.69) is 0 Å². The maximum atomic E-state index is 12.6. The lowest BCUT2D eigenvalue weighted by atomic mass is 9.81. The van der Waals surface area contributed by atoms with Crippen LogP contribution < -0.4 is 0 Å². The standard InChI is InChI=1S/C17H12O3/c18-15-10-14-16(19)12-8-4-5-9-13(12)17(14,20-15)11-6-2-1-3-7-11/h1-9,14H,10H2/t14-,17-/m0/s1. The van der Waals surface area contributed by atoms with Crippen LogP contribution in [0.1, 0.15) is 27.9 Å². The summed E-state index contributed by atoms with van der Waals surface area (Å²) in [6, 6.07) is 17.0. The number of hydrogen-bond acceptors (Lipinski definition) is 3. The van der Waals surface area contributed by atoms with Crippen molar-refractivity contribution in [3.8, 4) is 0 Å². The second-order valence-corrected chi connectivity index (χ2v) is 5.24. The number of rotatable bonds is 1. The van der Waals surface area contributed by atoms with Crippen LogP contribution in [0.15, 0.2) is 54.6 Å². The van der Waals surface area contributed by atoms with Gasteiger partial charge < -0.3 is 4.74 Å². The van der Waals surface area contributed by atoms with Gasteiger partial charge in [-0.2, -0.15) is 0 Å². The van der Waals surface area contributed by atoms with Gasteiger partial charge in [-0.05, 0) is 0 Å². The Morgan fingerprint density at radius 2 is 1.65 bits per heavy atom. The fourth-order valence-corrected chi connectivity index (χ4v) is 3.43. The summed E-state index contributed by atoms with van der Waals surface area (Å²) < 4.78 is 5.70. The summed E-state index contributed by atoms with van der Waals surface area (Å²) in [5, 5.41) is 0. The van der Waals surface area contributed by atoms with Gasteiger partial charge in [0.15, 0.2) is 11.4 Å². The van der Waals surface area contributed by atoms with Crippen LogP contribution in [0.5, 0.6) is 0 Å². The summed E-state index contributed by atoms with van der Waals surface area (Å²) in [5.74, 6) is -0.730. The summed E-state index contributed by atoms with van der Waals surface area (Å²) in [5.41, 5.74) is 1.43. The van der Waals surface area contributed by atoms with Gasteiger partial charge in [0.25, 0.3) is 0 Å². The van der Waals surface area contributed by atoms with Gasteiger partial charge in [0, 0.05) is 16.7 Å². The van der Waals surface area contributed by atoms with Crippen molar-refractivity contribution in [3.63, 3.8) is 0 Å². The van der Waals surface area contributed by atoms with E-state index in [9.17, 15) is 9.59 Å². The number of carbonyl (C=O) groups excluding carboxylic acids is 2. The first-order valence-electron chi connectivity index (χ1n) is 6.64. The third-order valence-electron chi connectivity index (χ3n) is 4.25. The maximum Gasteiger partial charge on any atom is 0.307 e. The number of hydrogen-bond donors (Lipinski definition) is 0. The predicted octanol–water partition coefficient (Wildman–Crippen LogP) is 2.69. The molecular weight excluding hydrogens is 252 g/mol. The highest BCUT2D eigenvalue weighted by Gasteiger charge is 2.60. The molecule has 3 heteroatoms. The smallest absolute Gasteiger partial charge is 0.307 e. The number of benzene rings is 2. The molecule has 2 aliphatic rings. The average molecular weight is 264 g/mol. The average Bonchev–Trinajstić information content (AvgIpc) is 2.95. The van der Waals surface area contributed by atoms with Gasteiger partial charge >= 0.3 is 5.97 Å². The van der Waals surface area contributed by atoms with Crippen LogP contribution in [0.2, 0.25) is 0 Å². The molecule has 1 aliphatic carbocycles. The Morgan fingerprint density at radius 1 is 0.950 bits per heavy atom. The third-order valence-corrected chi connectivity index (χ3v) is 4.25. The summed E-state index contributed by atoms with van der Waals surface area (Å²) in [6.45, 7) is 0. The second-order valence-electron chi connectivity index (χ2n) is 5.24. The van der Waals surface area contributed by atoms with Crippen LogP contribution in [0, 0.1) is 5.92 Å². The molecule has 0 amide bonds. The van der Waals surface area contributed by atoms with E-state index in [0.29, 0.717) is 5.56 Å².